The molecule has 0 N–H and O–H groups in total. The average molecular weight is 389 g/mol. The third-order valence-corrected chi connectivity index (χ3v) is 5.29. The van der Waals surface area contributed by atoms with Crippen molar-refractivity contribution in [3.05, 3.63) is 66.2 Å². The molecule has 1 saturated heterocycles. The molecule has 6 heteroatoms. The van der Waals surface area contributed by atoms with Crippen molar-refractivity contribution in [1.82, 2.24) is 19.9 Å². The predicted octanol–water partition coefficient (Wildman–Crippen LogP) is 3.24. The number of nitrogens with zero attached hydrogens (tertiary/aromatic N) is 6. The highest BCUT2D eigenvalue weighted by atomic mass is 15.3. The van der Waals surface area contributed by atoms with Gasteiger partial charge in [0.15, 0.2) is 0 Å². The number of pyridine rings is 1. The zero-order chi connectivity index (χ0) is 20.2. The van der Waals surface area contributed by atoms with Gasteiger partial charge in [0, 0.05) is 68.8 Å². The minimum absolute atomic E-state index is 0.810. The molecule has 0 spiro atoms. The number of anilines is 2. The Labute approximate surface area is 172 Å². The molecule has 2 aromatic heterocycles. The fraction of sp³-hybridized carbons (Fsp3) is 0.348. The van der Waals surface area contributed by atoms with Gasteiger partial charge >= 0.3 is 0 Å². The molecule has 0 aliphatic carbocycles. The highest BCUT2D eigenvalue weighted by Gasteiger charge is 2.20. The van der Waals surface area contributed by atoms with Gasteiger partial charge in [-0.15, -0.1) is 0 Å². The van der Waals surface area contributed by atoms with E-state index >= 15 is 0 Å². The van der Waals surface area contributed by atoms with Crippen LogP contribution >= 0.6 is 0 Å². The van der Waals surface area contributed by atoms with Crippen molar-refractivity contribution in [2.45, 2.75) is 13.5 Å². The van der Waals surface area contributed by atoms with E-state index in [1.807, 2.05) is 24.8 Å². The molecule has 1 aliphatic heterocycles. The molecule has 29 heavy (non-hydrogen) atoms. The molecule has 0 amide bonds. The molecule has 0 saturated carbocycles. The van der Waals surface area contributed by atoms with Crippen LogP contribution in [0.25, 0.3) is 11.1 Å². The standard InChI is InChI=1S/C23H28N6/c1-18-14-24-8-7-22(18)28-9-11-29(12-10-28)23-25-15-21(16-26-23)20-6-4-5-19(13-20)17-27(2)3/h4-8,13-16H,9-12,17H2,1-3H3. The summed E-state index contributed by atoms with van der Waals surface area (Å²) in [5.74, 6) is 0.810. The van der Waals surface area contributed by atoms with Crippen molar-refractivity contribution in [3.8, 4) is 11.1 Å². The second kappa shape index (κ2) is 8.57. The maximum Gasteiger partial charge on any atom is 0.225 e. The first-order chi connectivity index (χ1) is 14.1. The Morgan fingerprint density at radius 2 is 1.62 bits per heavy atom. The molecule has 1 fully saturated rings. The summed E-state index contributed by atoms with van der Waals surface area (Å²) in [6.07, 6.45) is 7.67. The SMILES string of the molecule is Cc1cnccc1N1CCN(c2ncc(-c3cccc(CN(C)C)c3)cn2)CC1. The maximum absolute atomic E-state index is 4.66. The molecule has 0 atom stereocenters. The summed E-state index contributed by atoms with van der Waals surface area (Å²) < 4.78 is 0. The summed E-state index contributed by atoms with van der Waals surface area (Å²) in [5.41, 5.74) is 6.00. The van der Waals surface area contributed by atoms with Gasteiger partial charge in [-0.2, -0.15) is 0 Å². The van der Waals surface area contributed by atoms with E-state index in [9.17, 15) is 0 Å². The molecule has 0 radical (unpaired) electrons. The van der Waals surface area contributed by atoms with E-state index in [1.165, 1.54) is 16.8 Å². The number of hydrogen-bond acceptors (Lipinski definition) is 6. The van der Waals surface area contributed by atoms with Gasteiger partial charge in [-0.25, -0.2) is 9.97 Å². The van der Waals surface area contributed by atoms with Crippen molar-refractivity contribution in [1.29, 1.82) is 0 Å². The van der Waals surface area contributed by atoms with Gasteiger partial charge < -0.3 is 14.7 Å². The summed E-state index contributed by atoms with van der Waals surface area (Å²) >= 11 is 0. The summed E-state index contributed by atoms with van der Waals surface area (Å²) in [7, 11) is 4.17. The summed E-state index contributed by atoms with van der Waals surface area (Å²) in [6.45, 7) is 6.79. The van der Waals surface area contributed by atoms with E-state index < -0.39 is 0 Å². The molecule has 150 valence electrons. The van der Waals surface area contributed by atoms with Crippen LogP contribution in [0.5, 0.6) is 0 Å². The van der Waals surface area contributed by atoms with E-state index in [-0.39, 0.29) is 0 Å². The van der Waals surface area contributed by atoms with Crippen LogP contribution in [0.4, 0.5) is 11.6 Å². The maximum atomic E-state index is 4.66. The molecule has 6 nitrogen and oxygen atoms in total. The monoisotopic (exact) mass is 388 g/mol. The lowest BCUT2D eigenvalue weighted by Gasteiger charge is -2.36. The third kappa shape index (κ3) is 4.54. The molecule has 1 aromatic carbocycles. The summed E-state index contributed by atoms with van der Waals surface area (Å²) in [4.78, 5) is 20.4. The number of rotatable bonds is 5. The smallest absolute Gasteiger partial charge is 0.225 e. The van der Waals surface area contributed by atoms with Crippen LogP contribution in [-0.2, 0) is 6.54 Å². The largest absolute Gasteiger partial charge is 0.368 e. The molecule has 0 unspecified atom stereocenters. The Morgan fingerprint density at radius 1 is 0.897 bits per heavy atom. The van der Waals surface area contributed by atoms with Crippen LogP contribution in [0, 0.1) is 6.92 Å². The molecule has 3 aromatic rings. The second-order valence-electron chi connectivity index (χ2n) is 7.85. The van der Waals surface area contributed by atoms with E-state index in [4.69, 9.17) is 0 Å². The minimum atomic E-state index is 0.810. The van der Waals surface area contributed by atoms with Gasteiger partial charge in [-0.3, -0.25) is 4.98 Å². The fourth-order valence-corrected chi connectivity index (χ4v) is 3.82. The fourth-order valence-electron chi connectivity index (χ4n) is 3.82. The number of aryl methyl sites for hydroxylation is 1. The lowest BCUT2D eigenvalue weighted by atomic mass is 10.1. The first-order valence-electron chi connectivity index (χ1n) is 10.1. The summed E-state index contributed by atoms with van der Waals surface area (Å²) in [6, 6.07) is 10.7. The molecule has 3 heterocycles. The van der Waals surface area contributed by atoms with Gasteiger partial charge in [-0.05, 0) is 49.8 Å². The Kier molecular flexibility index (Phi) is 5.71. The van der Waals surface area contributed by atoms with Gasteiger partial charge in [0.2, 0.25) is 5.95 Å². The summed E-state index contributed by atoms with van der Waals surface area (Å²) in [5, 5.41) is 0. The van der Waals surface area contributed by atoms with Crippen molar-refractivity contribution in [2.75, 3.05) is 50.1 Å². The van der Waals surface area contributed by atoms with Crippen molar-refractivity contribution >= 4 is 11.6 Å². The zero-order valence-electron chi connectivity index (χ0n) is 17.4. The first-order valence-corrected chi connectivity index (χ1v) is 10.1. The van der Waals surface area contributed by atoms with Crippen molar-refractivity contribution in [2.24, 2.45) is 0 Å². The highest BCUT2D eigenvalue weighted by Crippen LogP contribution is 2.23. The van der Waals surface area contributed by atoms with Crippen LogP contribution in [0.15, 0.2) is 55.1 Å². The lowest BCUT2D eigenvalue weighted by molar-refractivity contribution is 0.402. The van der Waals surface area contributed by atoms with Gasteiger partial charge in [0.05, 0.1) is 0 Å². The quantitative estimate of drug-likeness (QED) is 0.669. The van der Waals surface area contributed by atoms with Gasteiger partial charge in [0.1, 0.15) is 0 Å². The van der Waals surface area contributed by atoms with E-state index in [0.717, 1.165) is 49.8 Å². The number of aromatic nitrogens is 3. The van der Waals surface area contributed by atoms with Crippen LogP contribution in [-0.4, -0.2) is 60.1 Å². The minimum Gasteiger partial charge on any atom is -0.368 e. The lowest BCUT2D eigenvalue weighted by Crippen LogP contribution is -2.47. The van der Waals surface area contributed by atoms with Crippen molar-refractivity contribution in [3.63, 3.8) is 0 Å². The number of benzene rings is 1. The normalized spacial score (nSPS) is 14.5. The van der Waals surface area contributed by atoms with Crippen LogP contribution in [0.1, 0.15) is 11.1 Å². The first kappa shape index (κ1) is 19.3. The Bertz CT molecular complexity index is 946. The Morgan fingerprint density at radius 3 is 2.31 bits per heavy atom. The number of piperazine rings is 1. The molecular weight excluding hydrogens is 360 g/mol. The highest BCUT2D eigenvalue weighted by molar-refractivity contribution is 5.63. The Balaban J connectivity index is 1.42. The van der Waals surface area contributed by atoms with Gasteiger partial charge in [0.25, 0.3) is 0 Å². The molecule has 4 rings (SSSR count). The predicted molar refractivity (Wildman–Crippen MR) is 118 cm³/mol. The van der Waals surface area contributed by atoms with E-state index in [0.29, 0.717) is 0 Å². The van der Waals surface area contributed by atoms with Crippen LogP contribution < -0.4 is 9.80 Å². The van der Waals surface area contributed by atoms with Crippen LogP contribution in [0.2, 0.25) is 0 Å². The van der Waals surface area contributed by atoms with Gasteiger partial charge in [-0.1, -0.05) is 18.2 Å². The van der Waals surface area contributed by atoms with Crippen LogP contribution in [0.3, 0.4) is 0 Å². The molecule has 0 bridgehead atoms. The third-order valence-electron chi connectivity index (χ3n) is 5.29. The average Bonchev–Trinajstić information content (AvgIpc) is 2.74. The topological polar surface area (TPSA) is 48.4 Å². The molecular formula is C23H28N6. The van der Waals surface area contributed by atoms with E-state index in [1.54, 1.807) is 0 Å². The van der Waals surface area contributed by atoms with Crippen molar-refractivity contribution < 1.29 is 0 Å². The second-order valence-corrected chi connectivity index (χ2v) is 7.85. The zero-order valence-corrected chi connectivity index (χ0v) is 17.4. The number of hydrogen-bond donors (Lipinski definition) is 0. The molecule has 1 aliphatic rings. The van der Waals surface area contributed by atoms with E-state index in [2.05, 4.69) is 81.0 Å². The Hall–Kier alpha value is -2.99.